The maximum atomic E-state index is 3.61. The summed E-state index contributed by atoms with van der Waals surface area (Å²) in [5, 5.41) is 0. The highest BCUT2D eigenvalue weighted by atomic mass is 79.9. The van der Waals surface area contributed by atoms with Crippen LogP contribution in [0.5, 0.6) is 0 Å². The Hall–Kier alpha value is -1.74. The van der Waals surface area contributed by atoms with Crippen LogP contribution >= 0.6 is 15.9 Å². The van der Waals surface area contributed by atoms with Gasteiger partial charge in [-0.3, -0.25) is 0 Å². The first-order valence-corrected chi connectivity index (χ1v) is 6.98. The van der Waals surface area contributed by atoms with Gasteiger partial charge in [-0.2, -0.15) is 0 Å². The normalized spacial score (nSPS) is 10.9. The minimum atomic E-state index is 1.10. The number of aromatic nitrogens is 2. The van der Waals surface area contributed by atoms with E-state index in [0.29, 0.717) is 0 Å². The Morgan fingerprint density at radius 2 is 1.26 bits per heavy atom. The largest absolute Gasteiger partial charge is 0.351 e. The molecule has 0 amide bonds. The van der Waals surface area contributed by atoms with Crippen molar-refractivity contribution in [3.8, 4) is 22.5 Å². The fourth-order valence-corrected chi connectivity index (χ4v) is 2.90. The molecule has 3 rings (SSSR count). The second-order valence-electron chi connectivity index (χ2n) is 4.74. The fraction of sp³-hybridized carbons (Fsp3) is 0.125. The Kier molecular flexibility index (Phi) is 3.07. The molecule has 2 aromatic heterocycles. The average molecular weight is 315 g/mol. The van der Waals surface area contributed by atoms with Gasteiger partial charge in [-0.25, -0.2) is 0 Å². The summed E-state index contributed by atoms with van der Waals surface area (Å²) >= 11 is 3.61. The molecule has 0 fully saturated rings. The Bertz CT molecular complexity index is 663. The predicted octanol–water partition coefficient (Wildman–Crippen LogP) is 4.46. The van der Waals surface area contributed by atoms with Crippen molar-refractivity contribution in [2.45, 2.75) is 0 Å². The molecule has 1 aromatic carbocycles. The van der Waals surface area contributed by atoms with Crippen molar-refractivity contribution in [1.29, 1.82) is 0 Å². The van der Waals surface area contributed by atoms with Crippen molar-refractivity contribution < 1.29 is 0 Å². The van der Waals surface area contributed by atoms with E-state index >= 15 is 0 Å². The number of hydrogen-bond donors (Lipinski definition) is 0. The summed E-state index contributed by atoms with van der Waals surface area (Å²) < 4.78 is 5.37. The molecule has 2 heterocycles. The van der Waals surface area contributed by atoms with Crippen LogP contribution in [0.1, 0.15) is 0 Å². The lowest BCUT2D eigenvalue weighted by molar-refractivity contribution is 0.933. The van der Waals surface area contributed by atoms with Gasteiger partial charge in [-0.1, -0.05) is 15.9 Å². The molecule has 0 unspecified atom stereocenters. The first kappa shape index (κ1) is 12.3. The van der Waals surface area contributed by atoms with E-state index in [1.54, 1.807) is 0 Å². The maximum absolute atomic E-state index is 3.61. The van der Waals surface area contributed by atoms with Crippen LogP contribution in [0.2, 0.25) is 0 Å². The first-order chi connectivity index (χ1) is 9.15. The van der Waals surface area contributed by atoms with Crippen molar-refractivity contribution in [2.24, 2.45) is 14.1 Å². The minimum absolute atomic E-state index is 1.10. The fourth-order valence-electron chi connectivity index (χ4n) is 2.41. The molecule has 0 aliphatic rings. The van der Waals surface area contributed by atoms with E-state index in [2.05, 4.69) is 94.0 Å². The van der Waals surface area contributed by atoms with E-state index in [0.717, 1.165) is 4.47 Å². The molecule has 0 spiro atoms. The van der Waals surface area contributed by atoms with Gasteiger partial charge in [0, 0.05) is 42.3 Å². The minimum Gasteiger partial charge on any atom is -0.351 e. The maximum Gasteiger partial charge on any atom is 0.0478 e. The summed E-state index contributed by atoms with van der Waals surface area (Å²) in [5.41, 5.74) is 4.88. The third-order valence-corrected chi connectivity index (χ3v) is 3.83. The van der Waals surface area contributed by atoms with Crippen molar-refractivity contribution in [1.82, 2.24) is 9.13 Å². The van der Waals surface area contributed by atoms with Gasteiger partial charge in [-0.15, -0.1) is 0 Å². The van der Waals surface area contributed by atoms with E-state index in [1.165, 1.54) is 22.5 Å². The van der Waals surface area contributed by atoms with Crippen LogP contribution < -0.4 is 0 Å². The molecule has 0 aliphatic heterocycles. The number of nitrogens with zero attached hydrogens (tertiary/aromatic N) is 2. The van der Waals surface area contributed by atoms with Gasteiger partial charge in [0.1, 0.15) is 0 Å². The van der Waals surface area contributed by atoms with Gasteiger partial charge < -0.3 is 9.13 Å². The van der Waals surface area contributed by atoms with Gasteiger partial charge in [0.15, 0.2) is 0 Å². The van der Waals surface area contributed by atoms with Gasteiger partial charge in [0.2, 0.25) is 0 Å². The molecule has 0 saturated heterocycles. The Morgan fingerprint density at radius 3 is 1.63 bits per heavy atom. The van der Waals surface area contributed by atoms with Crippen LogP contribution in [0.4, 0.5) is 0 Å². The second-order valence-corrected chi connectivity index (χ2v) is 5.65. The zero-order valence-electron chi connectivity index (χ0n) is 11.0. The zero-order chi connectivity index (χ0) is 13.4. The average Bonchev–Trinajstić information content (AvgIpc) is 2.97. The molecule has 0 radical (unpaired) electrons. The van der Waals surface area contributed by atoms with Gasteiger partial charge in [0.25, 0.3) is 0 Å². The predicted molar refractivity (Wildman–Crippen MR) is 83.0 cm³/mol. The molecule has 3 heteroatoms. The summed E-state index contributed by atoms with van der Waals surface area (Å²) in [6.07, 6.45) is 4.14. The molecular formula is C16H15BrN2. The zero-order valence-corrected chi connectivity index (χ0v) is 12.6. The van der Waals surface area contributed by atoms with Gasteiger partial charge in [0.05, 0.1) is 0 Å². The quantitative estimate of drug-likeness (QED) is 0.661. The molecule has 0 aliphatic carbocycles. The number of hydrogen-bond acceptors (Lipinski definition) is 0. The van der Waals surface area contributed by atoms with Crippen LogP contribution in [0.3, 0.4) is 0 Å². The van der Waals surface area contributed by atoms with Gasteiger partial charge >= 0.3 is 0 Å². The Morgan fingerprint density at radius 1 is 0.789 bits per heavy atom. The lowest BCUT2D eigenvalue weighted by Gasteiger charge is -2.09. The van der Waals surface area contributed by atoms with Crippen molar-refractivity contribution in [3.63, 3.8) is 0 Å². The molecule has 96 valence electrons. The van der Waals surface area contributed by atoms with Crippen LogP contribution in [-0.2, 0) is 14.1 Å². The van der Waals surface area contributed by atoms with E-state index in [4.69, 9.17) is 0 Å². The van der Waals surface area contributed by atoms with Crippen molar-refractivity contribution in [2.75, 3.05) is 0 Å². The topological polar surface area (TPSA) is 9.86 Å². The Balaban J connectivity index is 2.17. The summed E-state index contributed by atoms with van der Waals surface area (Å²) in [6, 6.07) is 14.9. The third-order valence-electron chi connectivity index (χ3n) is 3.38. The van der Waals surface area contributed by atoms with E-state index in [1.807, 2.05) is 0 Å². The summed E-state index contributed by atoms with van der Waals surface area (Å²) in [6.45, 7) is 0. The van der Waals surface area contributed by atoms with Crippen LogP contribution in [0.25, 0.3) is 22.5 Å². The SMILES string of the molecule is Cn1cccc1-c1cc(Br)cc(-c2cccn2C)c1. The highest BCUT2D eigenvalue weighted by molar-refractivity contribution is 9.10. The molecule has 3 aromatic rings. The molecule has 0 saturated carbocycles. The van der Waals surface area contributed by atoms with E-state index in [-0.39, 0.29) is 0 Å². The lowest BCUT2D eigenvalue weighted by atomic mass is 10.1. The van der Waals surface area contributed by atoms with Crippen molar-refractivity contribution >= 4 is 15.9 Å². The van der Waals surface area contributed by atoms with E-state index in [9.17, 15) is 0 Å². The van der Waals surface area contributed by atoms with Gasteiger partial charge in [-0.05, 0) is 53.6 Å². The standard InChI is InChI=1S/C16H15BrN2/c1-18-7-3-5-15(18)12-9-13(11-14(17)10-12)16-6-4-8-19(16)2/h3-11H,1-2H3. The van der Waals surface area contributed by atoms with Crippen molar-refractivity contribution in [3.05, 3.63) is 59.3 Å². The molecular weight excluding hydrogens is 300 g/mol. The molecule has 0 bridgehead atoms. The first-order valence-electron chi connectivity index (χ1n) is 6.19. The Labute approximate surface area is 121 Å². The van der Waals surface area contributed by atoms with Crippen LogP contribution in [0, 0.1) is 0 Å². The highest BCUT2D eigenvalue weighted by Gasteiger charge is 2.08. The van der Waals surface area contributed by atoms with Crippen LogP contribution in [0.15, 0.2) is 59.3 Å². The number of benzene rings is 1. The monoisotopic (exact) mass is 314 g/mol. The summed E-state index contributed by atoms with van der Waals surface area (Å²) in [7, 11) is 4.14. The number of halogens is 1. The second kappa shape index (κ2) is 4.74. The highest BCUT2D eigenvalue weighted by Crippen LogP contribution is 2.30. The number of rotatable bonds is 2. The summed E-state index contributed by atoms with van der Waals surface area (Å²) in [5.74, 6) is 0. The summed E-state index contributed by atoms with van der Waals surface area (Å²) in [4.78, 5) is 0. The molecule has 0 N–H and O–H groups in total. The smallest absolute Gasteiger partial charge is 0.0478 e. The molecule has 2 nitrogen and oxygen atoms in total. The van der Waals surface area contributed by atoms with E-state index < -0.39 is 0 Å². The third kappa shape index (κ3) is 2.26. The number of aryl methyl sites for hydroxylation is 2. The molecule has 0 atom stereocenters. The van der Waals surface area contributed by atoms with Crippen LogP contribution in [-0.4, -0.2) is 9.13 Å². The lowest BCUT2D eigenvalue weighted by Crippen LogP contribution is -1.92. The molecule has 19 heavy (non-hydrogen) atoms.